The average molecular weight is 330 g/mol. The number of amides is 2. The molecule has 2 rings (SSSR count). The summed E-state index contributed by atoms with van der Waals surface area (Å²) in [6.45, 7) is 1.66. The van der Waals surface area contributed by atoms with Gasteiger partial charge in [0.25, 0.3) is 11.8 Å². The summed E-state index contributed by atoms with van der Waals surface area (Å²) in [7, 11) is 3.08. The van der Waals surface area contributed by atoms with Gasteiger partial charge in [-0.15, -0.1) is 0 Å². The van der Waals surface area contributed by atoms with E-state index in [1.165, 1.54) is 25.5 Å². The highest BCUT2D eigenvalue weighted by Crippen LogP contribution is 2.27. The molecule has 1 aromatic carbocycles. The first kappa shape index (κ1) is 17.1. The Morgan fingerprint density at radius 1 is 1.08 bits per heavy atom. The van der Waals surface area contributed by atoms with Crippen molar-refractivity contribution >= 4 is 17.9 Å². The first-order valence-corrected chi connectivity index (χ1v) is 7.09. The van der Waals surface area contributed by atoms with Gasteiger partial charge in [-0.25, -0.2) is 0 Å². The molecular weight excluding hydrogens is 312 g/mol. The number of hydrogen-bond acceptors (Lipinski definition) is 5. The van der Waals surface area contributed by atoms with Crippen LogP contribution in [0.4, 0.5) is 0 Å². The molecule has 7 nitrogen and oxygen atoms in total. The fourth-order valence-corrected chi connectivity index (χ4v) is 1.98. The third-order valence-corrected chi connectivity index (χ3v) is 3.24. The van der Waals surface area contributed by atoms with E-state index < -0.39 is 11.8 Å². The number of ether oxygens (including phenoxy) is 2. The lowest BCUT2D eigenvalue weighted by molar-refractivity contribution is -0.117. The number of hydrazine groups is 1. The third kappa shape index (κ3) is 4.16. The van der Waals surface area contributed by atoms with Crippen LogP contribution in [0, 0.1) is 6.92 Å². The maximum atomic E-state index is 11.8. The van der Waals surface area contributed by atoms with Gasteiger partial charge in [0.1, 0.15) is 5.76 Å². The van der Waals surface area contributed by atoms with Crippen LogP contribution in [0.3, 0.4) is 0 Å². The summed E-state index contributed by atoms with van der Waals surface area (Å²) in [5.41, 5.74) is 5.71. The lowest BCUT2D eigenvalue weighted by Crippen LogP contribution is -2.40. The first-order valence-electron chi connectivity index (χ1n) is 7.09. The van der Waals surface area contributed by atoms with E-state index >= 15 is 0 Å². The predicted octanol–water partition coefficient (Wildman–Crippen LogP) is 2.08. The number of hydrogen-bond donors (Lipinski definition) is 2. The molecule has 126 valence electrons. The maximum absolute atomic E-state index is 11.8. The molecule has 1 aromatic heterocycles. The summed E-state index contributed by atoms with van der Waals surface area (Å²) in [6, 6.07) is 6.77. The molecule has 2 amide bonds. The van der Waals surface area contributed by atoms with E-state index in [9.17, 15) is 9.59 Å². The van der Waals surface area contributed by atoms with Gasteiger partial charge < -0.3 is 13.9 Å². The molecule has 0 bridgehead atoms. The fourth-order valence-electron chi connectivity index (χ4n) is 1.98. The molecule has 0 aliphatic rings. The molecule has 1 heterocycles. The quantitative estimate of drug-likeness (QED) is 0.647. The van der Waals surface area contributed by atoms with E-state index in [0.717, 1.165) is 5.56 Å². The zero-order valence-electron chi connectivity index (χ0n) is 13.6. The van der Waals surface area contributed by atoms with Crippen LogP contribution >= 0.6 is 0 Å². The van der Waals surface area contributed by atoms with Crippen LogP contribution in [0.2, 0.25) is 0 Å². The lowest BCUT2D eigenvalue weighted by atomic mass is 10.2. The van der Waals surface area contributed by atoms with Crippen molar-refractivity contribution in [2.45, 2.75) is 6.92 Å². The number of nitrogens with one attached hydrogen (secondary N) is 2. The van der Waals surface area contributed by atoms with Gasteiger partial charge in [-0.05, 0) is 36.8 Å². The van der Waals surface area contributed by atoms with Crippen LogP contribution < -0.4 is 20.3 Å². The Morgan fingerprint density at radius 2 is 1.83 bits per heavy atom. The van der Waals surface area contributed by atoms with Gasteiger partial charge >= 0.3 is 0 Å². The number of benzene rings is 1. The first-order chi connectivity index (χ1) is 11.5. The van der Waals surface area contributed by atoms with Crippen LogP contribution in [0.5, 0.6) is 11.5 Å². The predicted molar refractivity (Wildman–Crippen MR) is 87.6 cm³/mol. The van der Waals surface area contributed by atoms with Crippen molar-refractivity contribution in [2.24, 2.45) is 0 Å². The molecule has 7 heteroatoms. The van der Waals surface area contributed by atoms with Crippen LogP contribution in [0.15, 0.2) is 41.0 Å². The minimum atomic E-state index is -0.473. The summed E-state index contributed by atoms with van der Waals surface area (Å²) < 4.78 is 15.4. The molecule has 24 heavy (non-hydrogen) atoms. The van der Waals surface area contributed by atoms with Crippen molar-refractivity contribution in [2.75, 3.05) is 14.2 Å². The second-order valence-electron chi connectivity index (χ2n) is 4.78. The molecule has 0 aliphatic heterocycles. The van der Waals surface area contributed by atoms with E-state index in [1.807, 2.05) is 0 Å². The molecule has 0 unspecified atom stereocenters. The summed E-state index contributed by atoms with van der Waals surface area (Å²) in [6.07, 6.45) is 4.29. The largest absolute Gasteiger partial charge is 0.493 e. The van der Waals surface area contributed by atoms with Gasteiger partial charge in [-0.3, -0.25) is 20.4 Å². The van der Waals surface area contributed by atoms with Gasteiger partial charge in [-0.1, -0.05) is 6.07 Å². The Bertz CT molecular complexity index is 764. The molecular formula is C17H18N2O5. The monoisotopic (exact) mass is 330 g/mol. The SMILES string of the molecule is COc1ccc(/C=C/C(=O)NNC(=O)c2ccoc2C)cc1OC. The van der Waals surface area contributed by atoms with Crippen LogP contribution in [0.1, 0.15) is 21.7 Å². The Labute approximate surface area is 139 Å². The average Bonchev–Trinajstić information content (AvgIpc) is 3.03. The minimum absolute atomic E-state index is 0.360. The zero-order chi connectivity index (χ0) is 17.5. The second-order valence-corrected chi connectivity index (χ2v) is 4.78. The lowest BCUT2D eigenvalue weighted by Gasteiger charge is -2.07. The second kappa shape index (κ2) is 7.87. The Hall–Kier alpha value is -3.22. The highest BCUT2D eigenvalue weighted by atomic mass is 16.5. The Kier molecular flexibility index (Phi) is 5.62. The molecule has 0 saturated heterocycles. The van der Waals surface area contributed by atoms with E-state index in [0.29, 0.717) is 22.8 Å². The van der Waals surface area contributed by atoms with Crippen LogP contribution in [-0.4, -0.2) is 26.0 Å². The summed E-state index contributed by atoms with van der Waals surface area (Å²) in [4.78, 5) is 23.6. The van der Waals surface area contributed by atoms with Crippen molar-refractivity contribution in [1.29, 1.82) is 0 Å². The summed E-state index contributed by atoms with van der Waals surface area (Å²) in [5.74, 6) is 0.710. The zero-order valence-corrected chi connectivity index (χ0v) is 13.6. The maximum Gasteiger partial charge on any atom is 0.273 e. The number of methoxy groups -OCH3 is 2. The van der Waals surface area contributed by atoms with Crippen molar-refractivity contribution in [3.63, 3.8) is 0 Å². The smallest absolute Gasteiger partial charge is 0.273 e. The summed E-state index contributed by atoms with van der Waals surface area (Å²) >= 11 is 0. The van der Waals surface area contributed by atoms with E-state index in [4.69, 9.17) is 13.9 Å². The molecule has 0 atom stereocenters. The molecule has 0 spiro atoms. The molecule has 0 fully saturated rings. The number of carbonyl (C=O) groups excluding carboxylic acids is 2. The Morgan fingerprint density at radius 3 is 2.46 bits per heavy atom. The highest BCUT2D eigenvalue weighted by Gasteiger charge is 2.11. The van der Waals surface area contributed by atoms with Crippen LogP contribution in [0.25, 0.3) is 6.08 Å². The molecule has 2 N–H and O–H groups in total. The van der Waals surface area contributed by atoms with Gasteiger partial charge in [0.05, 0.1) is 26.0 Å². The number of aryl methyl sites for hydroxylation is 1. The fraction of sp³-hybridized carbons (Fsp3) is 0.176. The summed E-state index contributed by atoms with van der Waals surface area (Å²) in [5, 5.41) is 0. The van der Waals surface area contributed by atoms with E-state index in [-0.39, 0.29) is 0 Å². The van der Waals surface area contributed by atoms with Gasteiger partial charge in [0, 0.05) is 6.08 Å². The van der Waals surface area contributed by atoms with Gasteiger partial charge in [-0.2, -0.15) is 0 Å². The van der Waals surface area contributed by atoms with Crippen molar-refractivity contribution < 1.29 is 23.5 Å². The van der Waals surface area contributed by atoms with Gasteiger partial charge in [0.15, 0.2) is 11.5 Å². The molecule has 0 radical (unpaired) electrons. The number of carbonyl (C=O) groups is 2. The van der Waals surface area contributed by atoms with E-state index in [2.05, 4.69) is 10.9 Å². The van der Waals surface area contributed by atoms with Crippen LogP contribution in [-0.2, 0) is 4.79 Å². The van der Waals surface area contributed by atoms with E-state index in [1.54, 1.807) is 38.3 Å². The van der Waals surface area contributed by atoms with Crippen molar-refractivity contribution in [1.82, 2.24) is 10.9 Å². The Balaban J connectivity index is 1.93. The highest BCUT2D eigenvalue weighted by molar-refractivity contribution is 5.98. The van der Waals surface area contributed by atoms with Crippen molar-refractivity contribution in [3.8, 4) is 11.5 Å². The topological polar surface area (TPSA) is 89.8 Å². The number of rotatable bonds is 5. The minimum Gasteiger partial charge on any atom is -0.493 e. The van der Waals surface area contributed by atoms with Gasteiger partial charge in [0.2, 0.25) is 0 Å². The van der Waals surface area contributed by atoms with Crippen molar-refractivity contribution in [3.05, 3.63) is 53.5 Å². The standard InChI is InChI=1S/C17H18N2O5/c1-11-13(8-9-24-11)17(21)19-18-16(20)7-5-12-4-6-14(22-2)15(10-12)23-3/h4-10H,1-3H3,(H,18,20)(H,19,21)/b7-5+. The molecule has 2 aromatic rings. The third-order valence-electron chi connectivity index (χ3n) is 3.24. The molecule has 0 aliphatic carbocycles. The normalized spacial score (nSPS) is 10.5. The number of furan rings is 1. The molecule has 0 saturated carbocycles.